The van der Waals surface area contributed by atoms with Gasteiger partial charge in [-0.15, -0.1) is 0 Å². The van der Waals surface area contributed by atoms with Crippen molar-refractivity contribution in [3.63, 3.8) is 0 Å². The summed E-state index contributed by atoms with van der Waals surface area (Å²) in [7, 11) is 0. The van der Waals surface area contributed by atoms with Gasteiger partial charge < -0.3 is 4.98 Å². The molecule has 0 radical (unpaired) electrons. The predicted molar refractivity (Wildman–Crippen MR) is 47.2 cm³/mol. The van der Waals surface area contributed by atoms with E-state index in [-0.39, 0.29) is 12.4 Å². The molecule has 0 amide bonds. The fourth-order valence-corrected chi connectivity index (χ4v) is 1.34. The Labute approximate surface area is 74.3 Å². The normalized spacial score (nSPS) is 10.9. The average molecular weight is 180 g/mol. The van der Waals surface area contributed by atoms with Gasteiger partial charge in [0.1, 0.15) is 5.82 Å². The Morgan fingerprint density at radius 1 is 1.38 bits per heavy atom. The molecule has 2 aromatic rings. The van der Waals surface area contributed by atoms with Crippen LogP contribution in [0.3, 0.4) is 0 Å². The van der Waals surface area contributed by atoms with Gasteiger partial charge >= 0.3 is 0 Å². The molecule has 4 heteroatoms. The second-order valence-electron chi connectivity index (χ2n) is 2.79. The van der Waals surface area contributed by atoms with Crippen LogP contribution < -0.4 is 5.90 Å². The number of nitrogens with two attached hydrogens (primary N) is 1. The van der Waals surface area contributed by atoms with Crippen molar-refractivity contribution in [3.8, 4) is 0 Å². The summed E-state index contributed by atoms with van der Waals surface area (Å²) in [4.78, 5) is 7.30. The summed E-state index contributed by atoms with van der Waals surface area (Å²) in [6, 6.07) is 5.14. The van der Waals surface area contributed by atoms with Crippen molar-refractivity contribution in [3.05, 3.63) is 35.8 Å². The molecule has 1 aromatic heterocycles. The summed E-state index contributed by atoms with van der Waals surface area (Å²) in [5.74, 6) is 4.60. The highest BCUT2D eigenvalue weighted by molar-refractivity contribution is 5.80. The Morgan fingerprint density at radius 3 is 3.00 bits per heavy atom. The van der Waals surface area contributed by atoms with Crippen LogP contribution in [0.4, 0.5) is 4.39 Å². The van der Waals surface area contributed by atoms with Crippen LogP contribution in [0.25, 0.3) is 10.9 Å². The minimum absolute atomic E-state index is 0.0902. The lowest BCUT2D eigenvalue weighted by Gasteiger charge is -2.01. The summed E-state index contributed by atoms with van der Waals surface area (Å²) >= 11 is 0. The van der Waals surface area contributed by atoms with Crippen LogP contribution in [0.15, 0.2) is 24.4 Å². The van der Waals surface area contributed by atoms with Gasteiger partial charge in [0.05, 0.1) is 6.61 Å². The van der Waals surface area contributed by atoms with Gasteiger partial charge in [0.2, 0.25) is 0 Å². The van der Waals surface area contributed by atoms with E-state index in [0.29, 0.717) is 10.9 Å². The lowest BCUT2D eigenvalue weighted by atomic mass is 10.1. The van der Waals surface area contributed by atoms with E-state index in [2.05, 4.69) is 9.82 Å². The second kappa shape index (κ2) is 3.16. The first-order valence-corrected chi connectivity index (χ1v) is 3.89. The van der Waals surface area contributed by atoms with E-state index in [9.17, 15) is 4.39 Å². The molecule has 1 aromatic carbocycles. The number of H-pyrrole nitrogens is 1. The van der Waals surface area contributed by atoms with Crippen molar-refractivity contribution in [1.29, 1.82) is 0 Å². The van der Waals surface area contributed by atoms with Gasteiger partial charge in [-0.1, -0.05) is 6.07 Å². The van der Waals surface area contributed by atoms with Crippen molar-refractivity contribution in [2.45, 2.75) is 6.61 Å². The molecule has 0 unspecified atom stereocenters. The third-order valence-corrected chi connectivity index (χ3v) is 1.99. The Balaban J connectivity index is 2.59. The third kappa shape index (κ3) is 1.30. The van der Waals surface area contributed by atoms with E-state index in [1.165, 1.54) is 0 Å². The van der Waals surface area contributed by atoms with Crippen molar-refractivity contribution < 1.29 is 9.23 Å². The molecule has 68 valence electrons. The number of rotatable bonds is 2. The molecule has 0 aliphatic rings. The highest BCUT2D eigenvalue weighted by Gasteiger charge is 2.06. The van der Waals surface area contributed by atoms with Gasteiger partial charge in [-0.3, -0.25) is 4.84 Å². The van der Waals surface area contributed by atoms with Crippen LogP contribution >= 0.6 is 0 Å². The number of hydrogen-bond acceptors (Lipinski definition) is 2. The predicted octanol–water partition coefficient (Wildman–Crippen LogP) is 1.70. The van der Waals surface area contributed by atoms with Gasteiger partial charge in [-0.2, -0.15) is 0 Å². The van der Waals surface area contributed by atoms with E-state index in [1.807, 2.05) is 0 Å². The molecule has 3 N–H and O–H groups in total. The van der Waals surface area contributed by atoms with E-state index in [0.717, 1.165) is 5.52 Å². The SMILES string of the molecule is NOCc1ccc2[nH]ccc2c1F. The summed E-state index contributed by atoms with van der Waals surface area (Å²) in [6.45, 7) is 0.0902. The van der Waals surface area contributed by atoms with E-state index in [4.69, 9.17) is 5.90 Å². The van der Waals surface area contributed by atoms with Crippen LogP contribution in [0.1, 0.15) is 5.56 Å². The topological polar surface area (TPSA) is 51.0 Å². The van der Waals surface area contributed by atoms with Crippen molar-refractivity contribution in [1.82, 2.24) is 4.98 Å². The van der Waals surface area contributed by atoms with Crippen molar-refractivity contribution in [2.24, 2.45) is 5.90 Å². The average Bonchev–Trinajstić information content (AvgIpc) is 2.58. The van der Waals surface area contributed by atoms with Gasteiger partial charge in [0.15, 0.2) is 0 Å². The summed E-state index contributed by atoms with van der Waals surface area (Å²) in [6.07, 6.45) is 1.70. The first kappa shape index (κ1) is 8.22. The number of halogens is 1. The number of hydrogen-bond donors (Lipinski definition) is 2. The minimum atomic E-state index is -0.274. The molecule has 2 rings (SSSR count). The van der Waals surface area contributed by atoms with Gasteiger partial charge in [0.25, 0.3) is 0 Å². The summed E-state index contributed by atoms with van der Waals surface area (Å²) in [5.41, 5.74) is 1.24. The monoisotopic (exact) mass is 180 g/mol. The Kier molecular flexibility index (Phi) is 2.00. The molecule has 0 aliphatic heterocycles. The maximum absolute atomic E-state index is 13.5. The molecule has 0 spiro atoms. The Morgan fingerprint density at radius 2 is 2.23 bits per heavy atom. The fraction of sp³-hybridized carbons (Fsp3) is 0.111. The smallest absolute Gasteiger partial charge is 0.138 e. The maximum Gasteiger partial charge on any atom is 0.138 e. The van der Waals surface area contributed by atoms with Gasteiger partial charge in [-0.05, 0) is 12.1 Å². The van der Waals surface area contributed by atoms with Gasteiger partial charge in [0, 0.05) is 22.7 Å². The Bertz CT molecular complexity index is 424. The molecule has 13 heavy (non-hydrogen) atoms. The number of fused-ring (bicyclic) bond motifs is 1. The van der Waals surface area contributed by atoms with Crippen molar-refractivity contribution >= 4 is 10.9 Å². The highest BCUT2D eigenvalue weighted by Crippen LogP contribution is 2.20. The Hall–Kier alpha value is -1.39. The lowest BCUT2D eigenvalue weighted by molar-refractivity contribution is 0.122. The van der Waals surface area contributed by atoms with E-state index < -0.39 is 0 Å². The largest absolute Gasteiger partial charge is 0.361 e. The van der Waals surface area contributed by atoms with Crippen LogP contribution in [0, 0.1) is 5.82 Å². The number of aromatic amines is 1. The van der Waals surface area contributed by atoms with Crippen LogP contribution in [-0.4, -0.2) is 4.98 Å². The van der Waals surface area contributed by atoms with E-state index in [1.54, 1.807) is 24.4 Å². The zero-order valence-corrected chi connectivity index (χ0v) is 6.88. The molecule has 3 nitrogen and oxygen atoms in total. The lowest BCUT2D eigenvalue weighted by Crippen LogP contribution is -2.01. The second-order valence-corrected chi connectivity index (χ2v) is 2.79. The molecule has 1 heterocycles. The molecular weight excluding hydrogens is 171 g/mol. The van der Waals surface area contributed by atoms with Crippen LogP contribution in [-0.2, 0) is 11.4 Å². The number of aromatic nitrogens is 1. The number of benzene rings is 1. The molecule has 0 bridgehead atoms. The molecule has 0 fully saturated rings. The van der Waals surface area contributed by atoms with Crippen LogP contribution in [0.5, 0.6) is 0 Å². The zero-order chi connectivity index (χ0) is 9.26. The minimum Gasteiger partial charge on any atom is -0.361 e. The molecule has 0 atom stereocenters. The standard InChI is InChI=1S/C9H9FN2O/c10-9-6(5-13-11)1-2-8-7(9)3-4-12-8/h1-4,12H,5,11H2. The molecule has 0 saturated carbocycles. The van der Waals surface area contributed by atoms with Gasteiger partial charge in [-0.25, -0.2) is 10.3 Å². The molecule has 0 saturated heterocycles. The number of nitrogens with one attached hydrogen (secondary N) is 1. The molecule has 0 aliphatic carbocycles. The zero-order valence-electron chi connectivity index (χ0n) is 6.88. The highest BCUT2D eigenvalue weighted by atomic mass is 19.1. The summed E-state index contributed by atoms with van der Waals surface area (Å²) in [5, 5.41) is 0.564. The maximum atomic E-state index is 13.5. The van der Waals surface area contributed by atoms with E-state index >= 15 is 0 Å². The summed E-state index contributed by atoms with van der Waals surface area (Å²) < 4.78 is 13.5. The van der Waals surface area contributed by atoms with Crippen LogP contribution in [0.2, 0.25) is 0 Å². The van der Waals surface area contributed by atoms with Crippen molar-refractivity contribution in [2.75, 3.05) is 0 Å². The quantitative estimate of drug-likeness (QED) is 0.691. The fourth-order valence-electron chi connectivity index (χ4n) is 1.34. The third-order valence-electron chi connectivity index (χ3n) is 1.99. The first-order valence-electron chi connectivity index (χ1n) is 3.89. The molecular formula is C9H9FN2O. The first-order chi connectivity index (χ1) is 6.33.